The van der Waals surface area contributed by atoms with Crippen LogP contribution in [0.15, 0.2) is 42.6 Å². The van der Waals surface area contributed by atoms with E-state index in [1.165, 1.54) is 12.1 Å². The maximum Gasteiger partial charge on any atom is 0.225 e. The Morgan fingerprint density at radius 1 is 1.15 bits per heavy atom. The summed E-state index contributed by atoms with van der Waals surface area (Å²) in [6, 6.07) is 9.94. The van der Waals surface area contributed by atoms with Gasteiger partial charge in [-0.2, -0.15) is 0 Å². The number of hydrogen-bond donors (Lipinski definition) is 0. The lowest BCUT2D eigenvalue weighted by Gasteiger charge is -2.43. The van der Waals surface area contributed by atoms with Gasteiger partial charge in [0.15, 0.2) is 0 Å². The van der Waals surface area contributed by atoms with E-state index in [0.29, 0.717) is 25.4 Å². The molecule has 178 valence electrons. The van der Waals surface area contributed by atoms with Gasteiger partial charge in [0.1, 0.15) is 23.8 Å². The summed E-state index contributed by atoms with van der Waals surface area (Å²) in [5.74, 6) is 0.332. The molecule has 33 heavy (non-hydrogen) atoms. The summed E-state index contributed by atoms with van der Waals surface area (Å²) in [7, 11) is 2.07. The van der Waals surface area contributed by atoms with Gasteiger partial charge >= 0.3 is 0 Å². The number of rotatable bonds is 7. The van der Waals surface area contributed by atoms with E-state index in [2.05, 4.69) is 34.8 Å². The molecule has 1 aromatic heterocycles. The Balaban J connectivity index is 1.48. The quantitative estimate of drug-likeness (QED) is 0.638. The van der Waals surface area contributed by atoms with Gasteiger partial charge in [0.05, 0.1) is 18.7 Å². The highest BCUT2D eigenvalue weighted by Gasteiger charge is 2.41. The van der Waals surface area contributed by atoms with Crippen molar-refractivity contribution in [2.45, 2.75) is 25.5 Å². The summed E-state index contributed by atoms with van der Waals surface area (Å²) < 4.78 is 25.6. The largest absolute Gasteiger partial charge is 0.491 e. The summed E-state index contributed by atoms with van der Waals surface area (Å²) in [6.45, 7) is 7.99. The molecule has 0 spiro atoms. The Bertz CT molecular complexity index is 934. The Labute approximate surface area is 195 Å². The first kappa shape index (κ1) is 23.6. The van der Waals surface area contributed by atoms with Gasteiger partial charge in [-0.15, -0.1) is 0 Å². The highest BCUT2D eigenvalue weighted by atomic mass is 19.1. The zero-order chi connectivity index (χ0) is 23.3. The maximum atomic E-state index is 13.3. The standard InChI is InChI=1S/C25H33FN4O3/c1-20-4-3-9-27-23(20)17-29-14-15-33-25(18-29,19-32-22-7-5-21(26)6-8-22)16-24(31)30-12-10-28(2)11-13-30/h3-9H,10-19H2,1-2H3. The number of nitrogens with zero attached hydrogens (tertiary/aromatic N) is 4. The molecule has 7 nitrogen and oxygen atoms in total. The van der Waals surface area contributed by atoms with Crippen molar-refractivity contribution in [2.24, 2.45) is 0 Å². The number of amides is 1. The van der Waals surface area contributed by atoms with E-state index < -0.39 is 5.60 Å². The monoisotopic (exact) mass is 456 g/mol. The van der Waals surface area contributed by atoms with E-state index in [0.717, 1.165) is 44.0 Å². The molecule has 0 saturated carbocycles. The fourth-order valence-corrected chi connectivity index (χ4v) is 4.39. The second-order valence-corrected chi connectivity index (χ2v) is 9.11. The first-order valence-electron chi connectivity index (χ1n) is 11.5. The molecule has 3 heterocycles. The van der Waals surface area contributed by atoms with Crippen LogP contribution in [-0.4, -0.2) is 90.7 Å². The first-order chi connectivity index (χ1) is 15.9. The fraction of sp³-hybridized carbons (Fsp3) is 0.520. The number of carbonyl (C=O) groups excluding carboxylic acids is 1. The Kier molecular flexibility index (Phi) is 7.57. The van der Waals surface area contributed by atoms with E-state index in [9.17, 15) is 9.18 Å². The molecule has 2 aliphatic rings. The Morgan fingerprint density at radius 2 is 1.91 bits per heavy atom. The predicted octanol–water partition coefficient (Wildman–Crippen LogP) is 2.34. The average Bonchev–Trinajstić information content (AvgIpc) is 2.81. The summed E-state index contributed by atoms with van der Waals surface area (Å²) >= 11 is 0. The van der Waals surface area contributed by atoms with E-state index in [1.54, 1.807) is 12.1 Å². The van der Waals surface area contributed by atoms with E-state index in [-0.39, 0.29) is 24.8 Å². The molecule has 1 amide bonds. The number of piperazine rings is 1. The highest BCUT2D eigenvalue weighted by molar-refractivity contribution is 5.77. The van der Waals surface area contributed by atoms with Crippen LogP contribution in [-0.2, 0) is 16.1 Å². The van der Waals surface area contributed by atoms with Crippen molar-refractivity contribution in [3.8, 4) is 5.75 Å². The third-order valence-corrected chi connectivity index (χ3v) is 6.46. The number of hydrogen-bond acceptors (Lipinski definition) is 6. The number of benzene rings is 1. The number of pyridine rings is 1. The molecule has 2 saturated heterocycles. The van der Waals surface area contributed by atoms with Gasteiger partial charge in [-0.3, -0.25) is 14.7 Å². The van der Waals surface area contributed by atoms with Crippen LogP contribution in [0.25, 0.3) is 0 Å². The van der Waals surface area contributed by atoms with Crippen LogP contribution in [0.2, 0.25) is 0 Å². The van der Waals surface area contributed by atoms with Crippen molar-refractivity contribution in [2.75, 3.05) is 59.5 Å². The SMILES string of the molecule is Cc1cccnc1CN1CCOC(COc2ccc(F)cc2)(CC(=O)N2CCN(C)CC2)C1. The van der Waals surface area contributed by atoms with Gasteiger partial charge in [-0.05, 0) is 49.9 Å². The average molecular weight is 457 g/mol. The molecule has 0 bridgehead atoms. The molecular formula is C25H33FN4O3. The predicted molar refractivity (Wildman–Crippen MR) is 124 cm³/mol. The second kappa shape index (κ2) is 10.6. The molecule has 1 unspecified atom stereocenters. The van der Waals surface area contributed by atoms with Crippen LogP contribution in [0.1, 0.15) is 17.7 Å². The number of ether oxygens (including phenoxy) is 2. The van der Waals surface area contributed by atoms with Gasteiger partial charge in [0.2, 0.25) is 5.91 Å². The topological polar surface area (TPSA) is 58.1 Å². The molecule has 1 aromatic carbocycles. The number of morpholine rings is 1. The molecule has 1 atom stereocenters. The van der Waals surface area contributed by atoms with E-state index >= 15 is 0 Å². The summed E-state index contributed by atoms with van der Waals surface area (Å²) in [6.07, 6.45) is 2.06. The van der Waals surface area contributed by atoms with Crippen molar-refractivity contribution in [3.05, 3.63) is 59.7 Å². The van der Waals surface area contributed by atoms with Gasteiger partial charge in [-0.1, -0.05) is 6.07 Å². The molecule has 2 aliphatic heterocycles. The molecule has 4 rings (SSSR count). The summed E-state index contributed by atoms with van der Waals surface area (Å²) in [5, 5.41) is 0. The molecule has 2 aromatic rings. The molecule has 0 aliphatic carbocycles. The first-order valence-corrected chi connectivity index (χ1v) is 11.5. The maximum absolute atomic E-state index is 13.3. The van der Waals surface area contributed by atoms with Gasteiger partial charge in [0, 0.05) is 52.0 Å². The summed E-state index contributed by atoms with van der Waals surface area (Å²) in [5.41, 5.74) is 1.39. The van der Waals surface area contributed by atoms with Crippen LogP contribution in [0, 0.1) is 12.7 Å². The molecule has 0 N–H and O–H groups in total. The zero-order valence-electron chi connectivity index (χ0n) is 19.5. The minimum atomic E-state index is -0.782. The number of carbonyl (C=O) groups is 1. The van der Waals surface area contributed by atoms with Crippen LogP contribution in [0.4, 0.5) is 4.39 Å². The smallest absolute Gasteiger partial charge is 0.225 e. The normalized spacial score (nSPS) is 22.3. The van der Waals surface area contributed by atoms with Crippen LogP contribution < -0.4 is 4.74 Å². The minimum absolute atomic E-state index is 0.0849. The number of likely N-dealkylation sites (N-methyl/N-ethyl adjacent to an activating group) is 1. The Hall–Kier alpha value is -2.55. The molecule has 2 fully saturated rings. The Morgan fingerprint density at radius 3 is 2.64 bits per heavy atom. The van der Waals surface area contributed by atoms with Gasteiger partial charge in [-0.25, -0.2) is 4.39 Å². The second-order valence-electron chi connectivity index (χ2n) is 9.11. The lowest BCUT2D eigenvalue weighted by atomic mass is 9.96. The van der Waals surface area contributed by atoms with Gasteiger partial charge < -0.3 is 19.3 Å². The van der Waals surface area contributed by atoms with Crippen LogP contribution in [0.3, 0.4) is 0 Å². The molecule has 8 heteroatoms. The van der Waals surface area contributed by atoms with Crippen LogP contribution >= 0.6 is 0 Å². The number of halogens is 1. The van der Waals surface area contributed by atoms with Crippen molar-refractivity contribution in [1.82, 2.24) is 19.7 Å². The van der Waals surface area contributed by atoms with Gasteiger partial charge in [0.25, 0.3) is 0 Å². The third-order valence-electron chi connectivity index (χ3n) is 6.46. The molecular weight excluding hydrogens is 423 g/mol. The molecule has 0 radical (unpaired) electrons. The number of aryl methyl sites for hydroxylation is 1. The zero-order valence-corrected chi connectivity index (χ0v) is 19.5. The number of aromatic nitrogens is 1. The van der Waals surface area contributed by atoms with Crippen molar-refractivity contribution in [1.29, 1.82) is 0 Å². The van der Waals surface area contributed by atoms with Crippen molar-refractivity contribution in [3.63, 3.8) is 0 Å². The minimum Gasteiger partial charge on any atom is -0.491 e. The van der Waals surface area contributed by atoms with E-state index in [4.69, 9.17) is 9.47 Å². The lowest BCUT2D eigenvalue weighted by Crippen LogP contribution is -2.58. The fourth-order valence-electron chi connectivity index (χ4n) is 4.39. The van der Waals surface area contributed by atoms with Crippen molar-refractivity contribution < 1.29 is 18.7 Å². The van der Waals surface area contributed by atoms with Crippen molar-refractivity contribution >= 4 is 5.91 Å². The third kappa shape index (κ3) is 6.28. The lowest BCUT2D eigenvalue weighted by molar-refractivity contribution is -0.158. The van der Waals surface area contributed by atoms with E-state index in [1.807, 2.05) is 17.2 Å². The summed E-state index contributed by atoms with van der Waals surface area (Å²) in [4.78, 5) is 24.2. The highest BCUT2D eigenvalue weighted by Crippen LogP contribution is 2.27. The van der Waals surface area contributed by atoms with Crippen LogP contribution in [0.5, 0.6) is 5.75 Å².